The fourth-order valence-electron chi connectivity index (χ4n) is 3.39. The van der Waals surface area contributed by atoms with E-state index in [1.807, 2.05) is 34.9 Å². The molecule has 2 aromatic heterocycles. The lowest BCUT2D eigenvalue weighted by Gasteiger charge is -2.17. The zero-order valence-electron chi connectivity index (χ0n) is 16.2. The van der Waals surface area contributed by atoms with E-state index in [9.17, 15) is 5.11 Å². The molecule has 2 heterocycles. The van der Waals surface area contributed by atoms with Crippen molar-refractivity contribution in [3.63, 3.8) is 0 Å². The van der Waals surface area contributed by atoms with Gasteiger partial charge in [0.2, 0.25) is 0 Å². The quantitative estimate of drug-likeness (QED) is 0.554. The Morgan fingerprint density at radius 3 is 2.79 bits per heavy atom. The van der Waals surface area contributed by atoms with E-state index in [0.29, 0.717) is 35.7 Å². The third-order valence-corrected chi connectivity index (χ3v) is 5.23. The van der Waals surface area contributed by atoms with Gasteiger partial charge in [-0.05, 0) is 43.5 Å². The second-order valence-electron chi connectivity index (χ2n) is 7.37. The van der Waals surface area contributed by atoms with Crippen molar-refractivity contribution in [1.29, 1.82) is 0 Å². The van der Waals surface area contributed by atoms with Crippen LogP contribution in [0.25, 0.3) is 11.3 Å². The predicted octanol–water partition coefficient (Wildman–Crippen LogP) is 2.12. The van der Waals surface area contributed by atoms with Crippen molar-refractivity contribution in [1.82, 2.24) is 14.7 Å². The number of benzene rings is 1. The summed E-state index contributed by atoms with van der Waals surface area (Å²) >= 11 is 0. The van der Waals surface area contributed by atoms with Crippen molar-refractivity contribution in [3.05, 3.63) is 59.8 Å². The number of aromatic nitrogens is 3. The second kappa shape index (κ2) is 8.21. The van der Waals surface area contributed by atoms with Crippen molar-refractivity contribution < 1.29 is 14.7 Å². The number of imidazole rings is 1. The molecule has 1 aromatic carbocycles. The molecule has 29 heavy (non-hydrogen) atoms. The SMILES string of the molecule is C[C@H](O)c1nccn1[C@H](CN)c1cc(-c2ccc(C#CC3CC3CO)cc2)on1. The highest BCUT2D eigenvalue weighted by atomic mass is 16.5. The Bertz CT molecular complexity index is 1030. The molecule has 4 N–H and O–H groups in total. The Hall–Kier alpha value is -2.92. The third-order valence-electron chi connectivity index (χ3n) is 5.23. The summed E-state index contributed by atoms with van der Waals surface area (Å²) in [5.41, 5.74) is 8.47. The molecule has 0 spiro atoms. The van der Waals surface area contributed by atoms with E-state index in [0.717, 1.165) is 17.5 Å². The predicted molar refractivity (Wildman–Crippen MR) is 108 cm³/mol. The summed E-state index contributed by atoms with van der Waals surface area (Å²) in [6.07, 6.45) is 3.69. The summed E-state index contributed by atoms with van der Waals surface area (Å²) in [7, 11) is 0. The highest BCUT2D eigenvalue weighted by molar-refractivity contribution is 5.59. The standard InChI is InChI=1S/C22H24N4O3/c1-14(28)22-24-8-9-26(22)20(12-23)19-11-21(29-25-19)16-5-2-15(3-6-16)4-7-17-10-18(17)13-27/h2-3,5-6,8-9,11,14,17-18,20,27-28H,10,12-13,23H2,1H3/t14-,17?,18?,20+/m0/s1. The molecule has 0 aliphatic heterocycles. The van der Waals surface area contributed by atoms with Gasteiger partial charge in [-0.15, -0.1) is 0 Å². The summed E-state index contributed by atoms with van der Waals surface area (Å²) in [5, 5.41) is 23.2. The van der Waals surface area contributed by atoms with E-state index >= 15 is 0 Å². The molecule has 1 fully saturated rings. The number of aliphatic hydroxyl groups is 2. The van der Waals surface area contributed by atoms with E-state index in [-0.39, 0.29) is 12.6 Å². The van der Waals surface area contributed by atoms with E-state index in [4.69, 9.17) is 15.4 Å². The van der Waals surface area contributed by atoms with Gasteiger partial charge < -0.3 is 25.0 Å². The first-order valence-electron chi connectivity index (χ1n) is 9.71. The molecule has 1 aliphatic carbocycles. The van der Waals surface area contributed by atoms with Gasteiger partial charge in [0.1, 0.15) is 17.6 Å². The molecule has 0 radical (unpaired) electrons. The summed E-state index contributed by atoms with van der Waals surface area (Å²) in [6, 6.07) is 9.37. The van der Waals surface area contributed by atoms with Gasteiger partial charge in [0.25, 0.3) is 0 Å². The molecule has 0 bridgehead atoms. The molecule has 0 saturated heterocycles. The first-order chi connectivity index (χ1) is 14.1. The van der Waals surface area contributed by atoms with Crippen LogP contribution in [-0.4, -0.2) is 38.1 Å². The van der Waals surface area contributed by atoms with Gasteiger partial charge in [-0.3, -0.25) is 0 Å². The lowest BCUT2D eigenvalue weighted by molar-refractivity contribution is 0.182. The molecular formula is C22H24N4O3. The molecule has 0 amide bonds. The van der Waals surface area contributed by atoms with Gasteiger partial charge in [-0.2, -0.15) is 0 Å². The van der Waals surface area contributed by atoms with Gasteiger partial charge in [0.05, 0.1) is 6.04 Å². The molecule has 4 atom stereocenters. The molecule has 7 heteroatoms. The monoisotopic (exact) mass is 392 g/mol. The summed E-state index contributed by atoms with van der Waals surface area (Å²) < 4.78 is 7.36. The Morgan fingerprint density at radius 1 is 1.34 bits per heavy atom. The maximum atomic E-state index is 9.91. The van der Waals surface area contributed by atoms with E-state index in [2.05, 4.69) is 22.0 Å². The van der Waals surface area contributed by atoms with Crippen molar-refractivity contribution in [2.45, 2.75) is 25.5 Å². The van der Waals surface area contributed by atoms with Crippen molar-refractivity contribution in [2.24, 2.45) is 17.6 Å². The van der Waals surface area contributed by atoms with Crippen LogP contribution in [0.4, 0.5) is 0 Å². The summed E-state index contributed by atoms with van der Waals surface area (Å²) in [4.78, 5) is 4.20. The molecule has 1 saturated carbocycles. The van der Waals surface area contributed by atoms with Crippen LogP contribution in [-0.2, 0) is 0 Å². The smallest absolute Gasteiger partial charge is 0.167 e. The molecule has 1 aliphatic rings. The average Bonchev–Trinajstić information content (AvgIpc) is 3.09. The first-order valence-corrected chi connectivity index (χ1v) is 9.71. The number of nitrogens with zero attached hydrogens (tertiary/aromatic N) is 3. The van der Waals surface area contributed by atoms with Crippen LogP contribution in [0.5, 0.6) is 0 Å². The largest absolute Gasteiger partial charge is 0.396 e. The van der Waals surface area contributed by atoms with Crippen LogP contribution in [0.15, 0.2) is 47.2 Å². The molecule has 7 nitrogen and oxygen atoms in total. The molecule has 150 valence electrons. The Balaban J connectivity index is 1.51. The molecule has 3 aromatic rings. The highest BCUT2D eigenvalue weighted by Gasteiger charge is 2.34. The maximum absolute atomic E-state index is 9.91. The number of nitrogens with two attached hydrogens (primary N) is 1. The van der Waals surface area contributed by atoms with Crippen LogP contribution in [0.1, 0.15) is 42.6 Å². The maximum Gasteiger partial charge on any atom is 0.167 e. The van der Waals surface area contributed by atoms with Crippen LogP contribution in [0.3, 0.4) is 0 Å². The van der Waals surface area contributed by atoms with Crippen molar-refractivity contribution in [2.75, 3.05) is 13.2 Å². The summed E-state index contributed by atoms with van der Waals surface area (Å²) in [6.45, 7) is 2.18. The zero-order chi connectivity index (χ0) is 20.4. The number of hydrogen-bond donors (Lipinski definition) is 3. The zero-order valence-corrected chi connectivity index (χ0v) is 16.2. The van der Waals surface area contributed by atoms with Crippen LogP contribution in [0, 0.1) is 23.7 Å². The number of rotatable bonds is 6. The molecule has 2 unspecified atom stereocenters. The van der Waals surface area contributed by atoms with Crippen LogP contribution in [0.2, 0.25) is 0 Å². The van der Waals surface area contributed by atoms with Gasteiger partial charge in [-0.25, -0.2) is 4.98 Å². The van der Waals surface area contributed by atoms with E-state index < -0.39 is 6.10 Å². The Labute approximate surface area is 169 Å². The average molecular weight is 392 g/mol. The van der Waals surface area contributed by atoms with Crippen LogP contribution >= 0.6 is 0 Å². The third kappa shape index (κ3) is 4.10. The molecule has 4 rings (SSSR count). The lowest BCUT2D eigenvalue weighted by Crippen LogP contribution is -2.22. The fourth-order valence-corrected chi connectivity index (χ4v) is 3.39. The minimum absolute atomic E-state index is 0.216. The fraction of sp³-hybridized carbons (Fsp3) is 0.364. The van der Waals surface area contributed by atoms with Gasteiger partial charge in [0.15, 0.2) is 5.76 Å². The summed E-state index contributed by atoms with van der Waals surface area (Å²) in [5.74, 6) is 8.19. The van der Waals surface area contributed by atoms with Gasteiger partial charge in [0, 0.05) is 48.7 Å². The van der Waals surface area contributed by atoms with Crippen molar-refractivity contribution in [3.8, 4) is 23.2 Å². The molecular weight excluding hydrogens is 368 g/mol. The Kier molecular flexibility index (Phi) is 5.49. The van der Waals surface area contributed by atoms with Crippen LogP contribution < -0.4 is 5.73 Å². The minimum atomic E-state index is -0.706. The number of aliphatic hydroxyl groups excluding tert-OH is 2. The normalized spacial score (nSPS) is 20.0. The number of hydrogen-bond acceptors (Lipinski definition) is 6. The van der Waals surface area contributed by atoms with E-state index in [1.165, 1.54) is 0 Å². The van der Waals surface area contributed by atoms with Gasteiger partial charge >= 0.3 is 0 Å². The van der Waals surface area contributed by atoms with E-state index in [1.54, 1.807) is 19.3 Å². The minimum Gasteiger partial charge on any atom is -0.396 e. The topological polar surface area (TPSA) is 110 Å². The second-order valence-corrected chi connectivity index (χ2v) is 7.37. The highest BCUT2D eigenvalue weighted by Crippen LogP contribution is 2.37. The van der Waals surface area contributed by atoms with Gasteiger partial charge in [-0.1, -0.05) is 17.0 Å². The first kappa shape index (κ1) is 19.4. The van der Waals surface area contributed by atoms with Crippen molar-refractivity contribution >= 4 is 0 Å². The Morgan fingerprint density at radius 2 is 2.14 bits per heavy atom. The lowest BCUT2D eigenvalue weighted by atomic mass is 10.1.